The summed E-state index contributed by atoms with van der Waals surface area (Å²) in [5.74, 6) is 0. The molecule has 0 aromatic carbocycles. The highest BCUT2D eigenvalue weighted by molar-refractivity contribution is 5.20. The minimum absolute atomic E-state index is 0.0524. The second kappa shape index (κ2) is 4.19. The van der Waals surface area contributed by atoms with Crippen LogP contribution < -0.4 is 5.56 Å². The van der Waals surface area contributed by atoms with Crippen LogP contribution in [0.4, 0.5) is 0 Å². The largest absolute Gasteiger partial charge is 0.391 e. The Labute approximate surface area is 90.4 Å². The second-order valence-electron chi connectivity index (χ2n) is 4.70. The monoisotopic (exact) mass is 209 g/mol. The fraction of sp³-hybridized carbons (Fsp3) is 0.583. The maximum Gasteiger partial charge on any atom is 0.256 e. The molecule has 0 aliphatic carbocycles. The average Bonchev–Trinajstić information content (AvgIpc) is 2.15. The smallest absolute Gasteiger partial charge is 0.256 e. The lowest BCUT2D eigenvalue weighted by atomic mass is 9.91. The normalized spacial score (nSPS) is 11.8. The van der Waals surface area contributed by atoms with E-state index in [0.29, 0.717) is 12.1 Å². The molecule has 0 spiro atoms. The molecule has 0 fully saturated rings. The third kappa shape index (κ3) is 2.29. The summed E-state index contributed by atoms with van der Waals surface area (Å²) in [5.41, 5.74) is 1.34. The van der Waals surface area contributed by atoms with Gasteiger partial charge in [0.1, 0.15) is 0 Å². The summed E-state index contributed by atoms with van der Waals surface area (Å²) in [7, 11) is 0. The van der Waals surface area contributed by atoms with Crippen molar-refractivity contribution in [3.8, 4) is 0 Å². The first kappa shape index (κ1) is 12.0. The van der Waals surface area contributed by atoms with Gasteiger partial charge < -0.3 is 9.67 Å². The van der Waals surface area contributed by atoms with E-state index < -0.39 is 0 Å². The lowest BCUT2D eigenvalue weighted by Gasteiger charge is -2.24. The van der Waals surface area contributed by atoms with Gasteiger partial charge in [0.05, 0.1) is 6.61 Å². The SMILES string of the molecule is CCn1c(C(C)(C)C)ccc(CO)c1=O. The summed E-state index contributed by atoms with van der Waals surface area (Å²) < 4.78 is 1.73. The molecule has 1 rings (SSSR count). The number of nitrogens with zero attached hydrogens (tertiary/aromatic N) is 1. The zero-order valence-corrected chi connectivity index (χ0v) is 9.87. The lowest BCUT2D eigenvalue weighted by Crippen LogP contribution is -2.31. The summed E-state index contributed by atoms with van der Waals surface area (Å²) in [4.78, 5) is 11.9. The molecule has 3 nitrogen and oxygen atoms in total. The van der Waals surface area contributed by atoms with E-state index in [1.807, 2.05) is 13.0 Å². The van der Waals surface area contributed by atoms with Crippen LogP contribution in [-0.4, -0.2) is 9.67 Å². The Kier molecular flexibility index (Phi) is 3.35. The third-order valence-corrected chi connectivity index (χ3v) is 2.51. The van der Waals surface area contributed by atoms with Gasteiger partial charge in [0.15, 0.2) is 0 Å². The van der Waals surface area contributed by atoms with E-state index in [1.165, 1.54) is 0 Å². The summed E-state index contributed by atoms with van der Waals surface area (Å²) in [6.45, 7) is 8.62. The van der Waals surface area contributed by atoms with E-state index in [2.05, 4.69) is 20.8 Å². The number of rotatable bonds is 2. The minimum atomic E-state index is -0.191. The van der Waals surface area contributed by atoms with Crippen molar-refractivity contribution in [1.29, 1.82) is 0 Å². The van der Waals surface area contributed by atoms with E-state index >= 15 is 0 Å². The first-order valence-electron chi connectivity index (χ1n) is 5.26. The van der Waals surface area contributed by atoms with Crippen molar-refractivity contribution < 1.29 is 5.11 Å². The van der Waals surface area contributed by atoms with Crippen LogP contribution in [0.2, 0.25) is 0 Å². The summed E-state index contributed by atoms with van der Waals surface area (Å²) in [6, 6.07) is 3.64. The number of pyridine rings is 1. The van der Waals surface area contributed by atoms with Crippen LogP contribution in [0.1, 0.15) is 39.0 Å². The number of aliphatic hydroxyl groups is 1. The Morgan fingerprint density at radius 2 is 1.93 bits per heavy atom. The van der Waals surface area contributed by atoms with Gasteiger partial charge >= 0.3 is 0 Å². The minimum Gasteiger partial charge on any atom is -0.391 e. The molecule has 1 aromatic rings. The summed E-state index contributed by atoms with van der Waals surface area (Å²) in [6.07, 6.45) is 0. The van der Waals surface area contributed by atoms with Gasteiger partial charge in [0, 0.05) is 23.2 Å². The Morgan fingerprint density at radius 3 is 2.33 bits per heavy atom. The van der Waals surface area contributed by atoms with Crippen molar-refractivity contribution >= 4 is 0 Å². The highest BCUT2D eigenvalue weighted by atomic mass is 16.3. The summed E-state index contributed by atoms with van der Waals surface area (Å²) >= 11 is 0. The van der Waals surface area contributed by atoms with Crippen molar-refractivity contribution in [2.24, 2.45) is 0 Å². The van der Waals surface area contributed by atoms with Gasteiger partial charge in [-0.15, -0.1) is 0 Å². The van der Waals surface area contributed by atoms with Crippen LogP contribution in [0.5, 0.6) is 0 Å². The standard InChI is InChI=1S/C12H19NO2/c1-5-13-10(12(2,3)4)7-6-9(8-14)11(13)15/h6-7,14H,5,8H2,1-4H3. The number of aromatic nitrogens is 1. The van der Waals surface area contributed by atoms with Gasteiger partial charge in [0.2, 0.25) is 0 Å². The molecule has 0 bridgehead atoms. The van der Waals surface area contributed by atoms with Gasteiger partial charge in [-0.1, -0.05) is 20.8 Å². The molecular formula is C12H19NO2. The molecule has 1 N–H and O–H groups in total. The van der Waals surface area contributed by atoms with Crippen LogP contribution in [0.3, 0.4) is 0 Å². The molecule has 1 heterocycles. The van der Waals surface area contributed by atoms with E-state index in [1.54, 1.807) is 10.6 Å². The zero-order chi connectivity index (χ0) is 11.6. The molecule has 0 saturated carbocycles. The fourth-order valence-electron chi connectivity index (χ4n) is 1.71. The van der Waals surface area contributed by atoms with Crippen LogP contribution in [0, 0.1) is 0 Å². The quantitative estimate of drug-likeness (QED) is 0.805. The first-order valence-corrected chi connectivity index (χ1v) is 5.26. The summed E-state index contributed by atoms with van der Waals surface area (Å²) in [5, 5.41) is 9.02. The van der Waals surface area contributed by atoms with Gasteiger partial charge in [-0.05, 0) is 19.1 Å². The van der Waals surface area contributed by atoms with Crippen molar-refractivity contribution in [2.75, 3.05) is 0 Å². The van der Waals surface area contributed by atoms with E-state index in [0.717, 1.165) is 5.69 Å². The van der Waals surface area contributed by atoms with Gasteiger partial charge in [-0.25, -0.2) is 0 Å². The van der Waals surface area contributed by atoms with Gasteiger partial charge in [-0.2, -0.15) is 0 Å². The molecule has 0 radical (unpaired) electrons. The number of hydrogen-bond donors (Lipinski definition) is 1. The van der Waals surface area contributed by atoms with Crippen molar-refractivity contribution in [2.45, 2.75) is 46.3 Å². The third-order valence-electron chi connectivity index (χ3n) is 2.51. The molecule has 1 aromatic heterocycles. The Hall–Kier alpha value is -1.09. The van der Waals surface area contributed by atoms with E-state index in [4.69, 9.17) is 5.11 Å². The Balaban J connectivity index is 3.45. The highest BCUT2D eigenvalue weighted by Gasteiger charge is 2.18. The Bertz CT molecular complexity index is 399. The van der Waals surface area contributed by atoms with E-state index in [-0.39, 0.29) is 17.6 Å². The predicted molar refractivity (Wildman–Crippen MR) is 61.0 cm³/mol. The number of aliphatic hydroxyl groups excluding tert-OH is 1. The van der Waals surface area contributed by atoms with Crippen molar-refractivity contribution in [3.05, 3.63) is 33.7 Å². The van der Waals surface area contributed by atoms with E-state index in [9.17, 15) is 4.79 Å². The lowest BCUT2D eigenvalue weighted by molar-refractivity contribution is 0.278. The van der Waals surface area contributed by atoms with Crippen LogP contribution >= 0.6 is 0 Å². The molecule has 0 aliphatic heterocycles. The first-order chi connectivity index (χ1) is 6.91. The van der Waals surface area contributed by atoms with Gasteiger partial charge in [0.25, 0.3) is 5.56 Å². The Morgan fingerprint density at radius 1 is 1.33 bits per heavy atom. The molecule has 0 unspecified atom stereocenters. The van der Waals surface area contributed by atoms with Crippen molar-refractivity contribution in [3.63, 3.8) is 0 Å². The van der Waals surface area contributed by atoms with Crippen LogP contribution in [0.25, 0.3) is 0 Å². The second-order valence-corrected chi connectivity index (χ2v) is 4.70. The molecule has 15 heavy (non-hydrogen) atoms. The zero-order valence-electron chi connectivity index (χ0n) is 9.87. The van der Waals surface area contributed by atoms with Crippen LogP contribution in [0.15, 0.2) is 16.9 Å². The molecule has 0 aliphatic rings. The maximum atomic E-state index is 11.9. The molecule has 0 saturated heterocycles. The molecule has 3 heteroatoms. The van der Waals surface area contributed by atoms with Gasteiger partial charge in [-0.3, -0.25) is 4.79 Å². The topological polar surface area (TPSA) is 42.2 Å². The molecule has 0 amide bonds. The average molecular weight is 209 g/mol. The number of hydrogen-bond acceptors (Lipinski definition) is 2. The van der Waals surface area contributed by atoms with Crippen LogP contribution in [-0.2, 0) is 18.6 Å². The molecule has 84 valence electrons. The highest BCUT2D eigenvalue weighted by Crippen LogP contribution is 2.20. The fourth-order valence-corrected chi connectivity index (χ4v) is 1.71. The molecule has 0 atom stereocenters. The maximum absolute atomic E-state index is 11.9. The molecular weight excluding hydrogens is 190 g/mol. The van der Waals surface area contributed by atoms with Crippen molar-refractivity contribution in [1.82, 2.24) is 4.57 Å². The predicted octanol–water partition coefficient (Wildman–Crippen LogP) is 1.66.